The number of carbonyl (C=O) groups is 1. The smallest absolute Gasteiger partial charge is 0.326 e. The Bertz CT molecular complexity index is 477. The first-order valence-corrected chi connectivity index (χ1v) is 5.19. The predicted octanol–water partition coefficient (Wildman–Crippen LogP) is 3.19. The Morgan fingerprint density at radius 2 is 2.17 bits per heavy atom. The van der Waals surface area contributed by atoms with Gasteiger partial charge >= 0.3 is 6.18 Å². The summed E-state index contributed by atoms with van der Waals surface area (Å²) in [5.74, 6) is -0.959. The minimum absolute atomic E-state index is 0.0489. The average molecular weight is 256 g/mol. The molecule has 1 aromatic rings. The molecule has 0 aliphatic rings. The summed E-state index contributed by atoms with van der Waals surface area (Å²) in [5, 5.41) is 10.9. The Hall–Kier alpha value is -2.03. The van der Waals surface area contributed by atoms with Gasteiger partial charge in [0.1, 0.15) is 0 Å². The summed E-state index contributed by atoms with van der Waals surface area (Å²) in [5.41, 5.74) is -0.756. The fraction of sp³-hybridized carbons (Fsp3) is 0.333. The third-order valence-corrected chi connectivity index (χ3v) is 2.19. The van der Waals surface area contributed by atoms with Gasteiger partial charge in [0.2, 0.25) is 5.91 Å². The lowest BCUT2D eigenvalue weighted by molar-refractivity contribution is -0.137. The number of halogens is 3. The van der Waals surface area contributed by atoms with Gasteiger partial charge in [0.15, 0.2) is 0 Å². The quantitative estimate of drug-likeness (QED) is 0.902. The van der Waals surface area contributed by atoms with Gasteiger partial charge in [-0.1, -0.05) is 6.07 Å². The first kappa shape index (κ1) is 14.0. The number of hydrogen-bond acceptors (Lipinski definition) is 2. The number of rotatable bonds is 3. The third kappa shape index (κ3) is 4.09. The van der Waals surface area contributed by atoms with Gasteiger partial charge in [-0.3, -0.25) is 4.79 Å². The zero-order chi connectivity index (χ0) is 13.8. The third-order valence-electron chi connectivity index (χ3n) is 2.19. The number of benzene rings is 1. The first-order chi connectivity index (χ1) is 8.32. The molecule has 0 aliphatic heterocycles. The van der Waals surface area contributed by atoms with Crippen molar-refractivity contribution in [3.8, 4) is 6.07 Å². The molecule has 0 heterocycles. The van der Waals surface area contributed by atoms with Gasteiger partial charge in [0.25, 0.3) is 0 Å². The lowest BCUT2D eigenvalue weighted by atomic mass is 10.1. The maximum absolute atomic E-state index is 12.4. The second-order valence-corrected chi connectivity index (χ2v) is 3.86. The minimum Gasteiger partial charge on any atom is -0.326 e. The van der Waals surface area contributed by atoms with Crippen molar-refractivity contribution in [3.63, 3.8) is 0 Å². The van der Waals surface area contributed by atoms with Crippen molar-refractivity contribution in [2.24, 2.45) is 5.92 Å². The first-order valence-electron chi connectivity index (χ1n) is 5.19. The van der Waals surface area contributed by atoms with Crippen LogP contribution in [0, 0.1) is 17.2 Å². The van der Waals surface area contributed by atoms with E-state index in [1.165, 1.54) is 12.1 Å². The lowest BCUT2D eigenvalue weighted by Crippen LogP contribution is -2.15. The van der Waals surface area contributed by atoms with Crippen LogP contribution in [0.3, 0.4) is 0 Å². The second kappa shape index (κ2) is 5.54. The summed E-state index contributed by atoms with van der Waals surface area (Å²) < 4.78 is 37.2. The Balaban J connectivity index is 2.75. The van der Waals surface area contributed by atoms with E-state index in [2.05, 4.69) is 5.32 Å². The van der Waals surface area contributed by atoms with E-state index in [0.29, 0.717) is 0 Å². The normalized spacial score (nSPS) is 12.6. The van der Waals surface area contributed by atoms with Gasteiger partial charge < -0.3 is 5.32 Å². The number of hydrogen-bond donors (Lipinski definition) is 1. The van der Waals surface area contributed by atoms with Crippen molar-refractivity contribution in [3.05, 3.63) is 29.8 Å². The van der Waals surface area contributed by atoms with Gasteiger partial charge in [0, 0.05) is 12.1 Å². The summed E-state index contributed by atoms with van der Waals surface area (Å²) in [6, 6.07) is 6.24. The SMILES string of the molecule is CC(C#N)CC(=O)Nc1cccc(C(F)(F)F)c1. The highest BCUT2D eigenvalue weighted by Gasteiger charge is 2.30. The molecule has 1 amide bonds. The number of nitrogens with one attached hydrogen (secondary N) is 1. The van der Waals surface area contributed by atoms with Crippen molar-refractivity contribution in [1.29, 1.82) is 5.26 Å². The summed E-state index contributed by atoms with van der Waals surface area (Å²) in [7, 11) is 0. The zero-order valence-corrected chi connectivity index (χ0v) is 9.58. The van der Waals surface area contributed by atoms with Crippen LogP contribution in [0.2, 0.25) is 0 Å². The van der Waals surface area contributed by atoms with Crippen LogP contribution < -0.4 is 5.32 Å². The van der Waals surface area contributed by atoms with Crippen LogP contribution in [0.1, 0.15) is 18.9 Å². The average Bonchev–Trinajstić information content (AvgIpc) is 2.27. The maximum Gasteiger partial charge on any atom is 0.416 e. The van der Waals surface area contributed by atoms with E-state index in [0.717, 1.165) is 12.1 Å². The molecule has 18 heavy (non-hydrogen) atoms. The highest BCUT2D eigenvalue weighted by molar-refractivity contribution is 5.91. The minimum atomic E-state index is -4.44. The zero-order valence-electron chi connectivity index (χ0n) is 9.58. The Labute approximate surface area is 102 Å². The Morgan fingerprint density at radius 1 is 1.50 bits per heavy atom. The molecule has 0 fully saturated rings. The molecule has 3 nitrogen and oxygen atoms in total. The maximum atomic E-state index is 12.4. The van der Waals surface area contributed by atoms with E-state index in [1.54, 1.807) is 6.92 Å². The molecule has 0 radical (unpaired) electrons. The molecule has 1 rings (SSSR count). The predicted molar refractivity (Wildman–Crippen MR) is 59.5 cm³/mol. The van der Waals surface area contributed by atoms with Crippen molar-refractivity contribution >= 4 is 11.6 Å². The molecule has 0 bridgehead atoms. The summed E-state index contributed by atoms with van der Waals surface area (Å²) >= 11 is 0. The molecule has 6 heteroatoms. The number of amides is 1. The van der Waals surface area contributed by atoms with Crippen LogP contribution in [-0.2, 0) is 11.0 Å². The molecule has 1 unspecified atom stereocenters. The van der Waals surface area contributed by atoms with E-state index in [1.807, 2.05) is 6.07 Å². The standard InChI is InChI=1S/C12H11F3N2O/c1-8(7-16)5-11(18)17-10-4-2-3-9(6-10)12(13,14)15/h2-4,6,8H,5H2,1H3,(H,17,18). The second-order valence-electron chi connectivity index (χ2n) is 3.86. The summed E-state index contributed by atoms with van der Waals surface area (Å²) in [6.07, 6.45) is -4.49. The molecule has 1 N–H and O–H groups in total. The van der Waals surface area contributed by atoms with E-state index in [9.17, 15) is 18.0 Å². The van der Waals surface area contributed by atoms with Crippen LogP contribution in [0.4, 0.5) is 18.9 Å². The fourth-order valence-electron chi connectivity index (χ4n) is 1.31. The highest BCUT2D eigenvalue weighted by atomic mass is 19.4. The number of nitriles is 1. The van der Waals surface area contributed by atoms with Crippen LogP contribution >= 0.6 is 0 Å². The van der Waals surface area contributed by atoms with Crippen LogP contribution in [0.15, 0.2) is 24.3 Å². The number of carbonyl (C=O) groups excluding carboxylic acids is 1. The Morgan fingerprint density at radius 3 is 2.72 bits per heavy atom. The largest absolute Gasteiger partial charge is 0.416 e. The van der Waals surface area contributed by atoms with Gasteiger partial charge in [-0.2, -0.15) is 18.4 Å². The lowest BCUT2D eigenvalue weighted by Gasteiger charge is -2.10. The van der Waals surface area contributed by atoms with Crippen LogP contribution in [0.5, 0.6) is 0 Å². The summed E-state index contributed by atoms with van der Waals surface area (Å²) in [6.45, 7) is 1.56. The van der Waals surface area contributed by atoms with Crippen LogP contribution in [-0.4, -0.2) is 5.91 Å². The van der Waals surface area contributed by atoms with E-state index >= 15 is 0 Å². The molecule has 0 saturated carbocycles. The highest BCUT2D eigenvalue weighted by Crippen LogP contribution is 2.30. The van der Waals surface area contributed by atoms with Gasteiger partial charge in [-0.25, -0.2) is 0 Å². The molecule has 1 aromatic carbocycles. The molecular weight excluding hydrogens is 245 g/mol. The fourth-order valence-corrected chi connectivity index (χ4v) is 1.31. The van der Waals surface area contributed by atoms with E-state index < -0.39 is 23.6 Å². The van der Waals surface area contributed by atoms with E-state index in [-0.39, 0.29) is 12.1 Å². The Kier molecular flexibility index (Phi) is 4.32. The topological polar surface area (TPSA) is 52.9 Å². The van der Waals surface area contributed by atoms with Crippen molar-refractivity contribution in [2.75, 3.05) is 5.32 Å². The summed E-state index contributed by atoms with van der Waals surface area (Å²) in [4.78, 5) is 11.4. The van der Waals surface area contributed by atoms with Gasteiger partial charge in [-0.15, -0.1) is 0 Å². The molecule has 96 valence electrons. The number of nitrogens with zero attached hydrogens (tertiary/aromatic N) is 1. The molecule has 0 aliphatic carbocycles. The molecule has 0 aromatic heterocycles. The molecule has 1 atom stereocenters. The van der Waals surface area contributed by atoms with Gasteiger partial charge in [0.05, 0.1) is 17.6 Å². The van der Waals surface area contributed by atoms with E-state index in [4.69, 9.17) is 5.26 Å². The number of alkyl halides is 3. The van der Waals surface area contributed by atoms with Gasteiger partial charge in [-0.05, 0) is 25.1 Å². The molecule has 0 spiro atoms. The molecular formula is C12H11F3N2O. The molecule has 0 saturated heterocycles. The van der Waals surface area contributed by atoms with Crippen molar-refractivity contribution in [2.45, 2.75) is 19.5 Å². The number of anilines is 1. The van der Waals surface area contributed by atoms with Crippen LogP contribution in [0.25, 0.3) is 0 Å². The van der Waals surface area contributed by atoms with Crippen molar-refractivity contribution in [1.82, 2.24) is 0 Å². The monoisotopic (exact) mass is 256 g/mol. The van der Waals surface area contributed by atoms with Crippen molar-refractivity contribution < 1.29 is 18.0 Å².